The summed E-state index contributed by atoms with van der Waals surface area (Å²) in [7, 11) is -1.72. The number of carboxylic acid groups (broad SMARTS) is 1. The predicted octanol–water partition coefficient (Wildman–Crippen LogP) is 6.05. The number of rotatable bonds is 11. The maximum Gasteiger partial charge on any atom is 0.416 e. The largest absolute Gasteiger partial charge is 0.482 e. The van der Waals surface area contributed by atoms with Crippen LogP contribution in [-0.2, 0) is 22.0 Å². The first kappa shape index (κ1) is 27.5. The standard InChI is InChI=1S/C22H25ClF3NO4S2/c1-4-9-27(33(30)20-8-5-16(11-18(20)23)22(24,25)26)12-15(3)32-17-6-7-19(14(2)10-17)31-13-21(28)29/h5-8,10-11,15H,4,9,12-13H2,1-3H3,(H,28,29)/t15-,33?/m1/s1. The van der Waals surface area contributed by atoms with Crippen LogP contribution in [0.5, 0.6) is 5.75 Å². The fraction of sp³-hybridized carbons (Fsp3) is 0.409. The Bertz CT molecular complexity index is 1000. The van der Waals surface area contributed by atoms with Crippen molar-refractivity contribution in [1.29, 1.82) is 0 Å². The van der Waals surface area contributed by atoms with Gasteiger partial charge in [0.15, 0.2) is 6.61 Å². The van der Waals surface area contributed by atoms with E-state index in [1.807, 2.05) is 32.9 Å². The van der Waals surface area contributed by atoms with Gasteiger partial charge in [0, 0.05) is 23.2 Å². The predicted molar refractivity (Wildman–Crippen MR) is 124 cm³/mol. The van der Waals surface area contributed by atoms with Crippen molar-refractivity contribution in [3.8, 4) is 5.75 Å². The van der Waals surface area contributed by atoms with Crippen LogP contribution in [0.4, 0.5) is 13.2 Å². The van der Waals surface area contributed by atoms with E-state index in [-0.39, 0.29) is 15.2 Å². The molecule has 0 heterocycles. The van der Waals surface area contributed by atoms with Crippen molar-refractivity contribution < 1.29 is 32.0 Å². The van der Waals surface area contributed by atoms with Crippen LogP contribution in [0.25, 0.3) is 0 Å². The Morgan fingerprint density at radius 1 is 1.27 bits per heavy atom. The molecule has 0 bridgehead atoms. The van der Waals surface area contributed by atoms with Gasteiger partial charge in [0.05, 0.1) is 15.5 Å². The zero-order chi connectivity index (χ0) is 24.8. The number of ether oxygens (including phenoxy) is 1. The zero-order valence-corrected chi connectivity index (χ0v) is 20.7. The Morgan fingerprint density at radius 3 is 2.52 bits per heavy atom. The highest BCUT2D eigenvalue weighted by Crippen LogP contribution is 2.34. The third-order valence-electron chi connectivity index (χ3n) is 4.45. The third kappa shape index (κ3) is 8.20. The lowest BCUT2D eigenvalue weighted by atomic mass is 10.2. The Morgan fingerprint density at radius 2 is 1.97 bits per heavy atom. The van der Waals surface area contributed by atoms with Gasteiger partial charge in [-0.3, -0.25) is 0 Å². The number of hydrogen-bond donors (Lipinski definition) is 1. The van der Waals surface area contributed by atoms with Gasteiger partial charge in [-0.05, 0) is 55.3 Å². The summed E-state index contributed by atoms with van der Waals surface area (Å²) in [4.78, 5) is 11.7. The van der Waals surface area contributed by atoms with Gasteiger partial charge >= 0.3 is 12.1 Å². The summed E-state index contributed by atoms with van der Waals surface area (Å²) >= 11 is 7.58. The van der Waals surface area contributed by atoms with E-state index < -0.39 is 35.3 Å². The Hall–Kier alpha value is -1.75. The van der Waals surface area contributed by atoms with Crippen molar-refractivity contribution in [3.63, 3.8) is 0 Å². The molecular weight excluding hydrogens is 499 g/mol. The minimum Gasteiger partial charge on any atom is -0.482 e. The summed E-state index contributed by atoms with van der Waals surface area (Å²) in [6.07, 6.45) is -3.82. The second-order valence-electron chi connectivity index (χ2n) is 7.32. The average Bonchev–Trinajstić information content (AvgIpc) is 2.71. The monoisotopic (exact) mass is 523 g/mol. The number of nitrogens with zero attached hydrogens (tertiary/aromatic N) is 1. The number of aryl methyl sites for hydroxylation is 1. The number of carboxylic acids is 1. The average molecular weight is 524 g/mol. The summed E-state index contributed by atoms with van der Waals surface area (Å²) in [5.41, 5.74) is -0.0932. The number of thioether (sulfide) groups is 1. The van der Waals surface area contributed by atoms with Crippen LogP contribution in [0.1, 0.15) is 31.4 Å². The summed E-state index contributed by atoms with van der Waals surface area (Å²) < 4.78 is 58.8. The lowest BCUT2D eigenvalue weighted by Crippen LogP contribution is -2.32. The molecule has 0 fully saturated rings. The Balaban J connectivity index is 2.10. The van der Waals surface area contributed by atoms with Gasteiger partial charge in [-0.1, -0.05) is 25.4 Å². The van der Waals surface area contributed by atoms with Crippen LogP contribution >= 0.6 is 23.4 Å². The van der Waals surface area contributed by atoms with Gasteiger partial charge in [-0.25, -0.2) is 13.3 Å². The molecule has 1 unspecified atom stereocenters. The molecule has 2 aromatic carbocycles. The molecule has 0 saturated heterocycles. The highest BCUT2D eigenvalue weighted by Gasteiger charge is 2.31. The van der Waals surface area contributed by atoms with Gasteiger partial charge in [0.25, 0.3) is 0 Å². The number of hydrogen-bond acceptors (Lipinski definition) is 4. The van der Waals surface area contributed by atoms with E-state index in [0.717, 1.165) is 22.6 Å². The number of carbonyl (C=O) groups is 1. The van der Waals surface area contributed by atoms with Crippen molar-refractivity contribution in [2.24, 2.45) is 0 Å². The molecule has 2 rings (SSSR count). The van der Waals surface area contributed by atoms with Crippen LogP contribution in [0, 0.1) is 6.92 Å². The van der Waals surface area contributed by atoms with Crippen molar-refractivity contribution >= 4 is 40.3 Å². The van der Waals surface area contributed by atoms with E-state index in [2.05, 4.69) is 0 Å². The molecular formula is C22H25ClF3NO4S2. The van der Waals surface area contributed by atoms with E-state index in [4.69, 9.17) is 21.4 Å². The lowest BCUT2D eigenvalue weighted by Gasteiger charge is -2.24. The topological polar surface area (TPSA) is 66.8 Å². The molecule has 5 nitrogen and oxygen atoms in total. The SMILES string of the molecule is CCCN(C[C@@H](C)Sc1ccc(OCC(=O)O)c(C)c1)S(=O)c1ccc(C(F)(F)F)cc1Cl. The first-order valence-corrected chi connectivity index (χ1v) is 12.4. The number of halogens is 4. The van der Waals surface area contributed by atoms with Crippen LogP contribution in [0.3, 0.4) is 0 Å². The van der Waals surface area contributed by atoms with Crippen LogP contribution in [0.15, 0.2) is 46.2 Å². The van der Waals surface area contributed by atoms with E-state index in [1.54, 1.807) is 10.4 Å². The highest BCUT2D eigenvalue weighted by molar-refractivity contribution is 8.00. The first-order valence-electron chi connectivity index (χ1n) is 10.1. The van der Waals surface area contributed by atoms with E-state index >= 15 is 0 Å². The summed E-state index contributed by atoms with van der Waals surface area (Å²) in [5.74, 6) is -0.571. The second-order valence-corrected chi connectivity index (χ2v) is 10.7. The van der Waals surface area contributed by atoms with Gasteiger partial charge in [-0.15, -0.1) is 11.8 Å². The summed E-state index contributed by atoms with van der Waals surface area (Å²) in [5, 5.41) is 8.56. The van der Waals surface area contributed by atoms with Crippen LogP contribution in [-0.4, -0.2) is 44.5 Å². The fourth-order valence-electron chi connectivity index (χ4n) is 3.00. The fourth-order valence-corrected chi connectivity index (χ4v) is 5.98. The van der Waals surface area contributed by atoms with E-state index in [9.17, 15) is 22.2 Å². The lowest BCUT2D eigenvalue weighted by molar-refractivity contribution is -0.139. The Labute approximate surface area is 202 Å². The third-order valence-corrected chi connectivity index (χ3v) is 7.49. The Kier molecular flexibility index (Phi) is 10.1. The molecule has 182 valence electrons. The molecule has 0 spiro atoms. The van der Waals surface area contributed by atoms with Crippen molar-refractivity contribution in [2.75, 3.05) is 19.7 Å². The molecule has 33 heavy (non-hydrogen) atoms. The van der Waals surface area contributed by atoms with Gasteiger partial charge in [0.2, 0.25) is 0 Å². The molecule has 11 heteroatoms. The van der Waals surface area contributed by atoms with Crippen molar-refractivity contribution in [1.82, 2.24) is 4.31 Å². The van der Waals surface area contributed by atoms with E-state index in [0.29, 0.717) is 25.3 Å². The maximum atomic E-state index is 13.1. The normalized spacial score (nSPS) is 13.7. The highest BCUT2D eigenvalue weighted by atomic mass is 35.5. The minimum absolute atomic E-state index is 0.00101. The van der Waals surface area contributed by atoms with Gasteiger partial charge in [-0.2, -0.15) is 13.2 Å². The second kappa shape index (κ2) is 12.1. The molecule has 2 atom stereocenters. The molecule has 0 amide bonds. The smallest absolute Gasteiger partial charge is 0.416 e. The van der Waals surface area contributed by atoms with Crippen LogP contribution < -0.4 is 4.74 Å². The number of benzene rings is 2. The molecule has 0 aliphatic heterocycles. The first-order chi connectivity index (χ1) is 15.4. The van der Waals surface area contributed by atoms with Gasteiger partial charge < -0.3 is 9.84 Å². The summed E-state index contributed by atoms with van der Waals surface area (Å²) in [6, 6.07) is 8.26. The number of alkyl halides is 3. The molecule has 0 aliphatic carbocycles. The quantitative estimate of drug-likeness (QED) is 0.363. The minimum atomic E-state index is -4.52. The maximum absolute atomic E-state index is 13.1. The van der Waals surface area contributed by atoms with E-state index in [1.165, 1.54) is 17.8 Å². The van der Waals surface area contributed by atoms with Crippen molar-refractivity contribution in [3.05, 3.63) is 52.5 Å². The van der Waals surface area contributed by atoms with Crippen molar-refractivity contribution in [2.45, 2.75) is 48.4 Å². The molecule has 0 aromatic heterocycles. The molecule has 2 aromatic rings. The summed E-state index contributed by atoms with van der Waals surface area (Å²) in [6.45, 7) is 6.18. The number of aliphatic carboxylic acids is 1. The van der Waals surface area contributed by atoms with Crippen LogP contribution in [0.2, 0.25) is 5.02 Å². The molecule has 0 radical (unpaired) electrons. The molecule has 1 N–H and O–H groups in total. The van der Waals surface area contributed by atoms with Gasteiger partial charge in [0.1, 0.15) is 16.7 Å². The molecule has 0 aliphatic rings. The molecule has 0 saturated carbocycles. The zero-order valence-electron chi connectivity index (χ0n) is 18.3.